The number of hydrogen-bond donors (Lipinski definition) is 1. The zero-order valence-electron chi connectivity index (χ0n) is 10.7. The summed E-state index contributed by atoms with van der Waals surface area (Å²) in [5.74, 6) is 0. The fourth-order valence-electron chi connectivity index (χ4n) is 1.80. The first kappa shape index (κ1) is 14.8. The molecule has 0 aliphatic rings. The highest BCUT2D eigenvalue weighted by molar-refractivity contribution is 9.10. The molecule has 2 aromatic carbocycles. The van der Waals surface area contributed by atoms with Gasteiger partial charge < -0.3 is 5.32 Å². The minimum Gasteiger partial charge on any atom is -0.380 e. The molecule has 4 nitrogen and oxygen atoms in total. The van der Waals surface area contributed by atoms with Gasteiger partial charge in [0.1, 0.15) is 0 Å². The Bertz CT molecular complexity index is 662. The van der Waals surface area contributed by atoms with Gasteiger partial charge in [0, 0.05) is 18.2 Å². The summed E-state index contributed by atoms with van der Waals surface area (Å²) in [5, 5.41) is 14.7. The van der Waals surface area contributed by atoms with Crippen LogP contribution in [0.25, 0.3) is 0 Å². The van der Waals surface area contributed by atoms with Crippen LogP contribution < -0.4 is 5.32 Å². The summed E-state index contributed by atoms with van der Waals surface area (Å²) in [4.78, 5) is 10.5. The maximum absolute atomic E-state index is 10.9. The number of halogens is 2. The number of rotatable bonds is 4. The number of aryl methyl sites for hydroxylation is 1. The van der Waals surface area contributed by atoms with Crippen LogP contribution in [0, 0.1) is 17.0 Å². The largest absolute Gasteiger partial charge is 0.380 e. The van der Waals surface area contributed by atoms with E-state index in [1.54, 1.807) is 25.1 Å². The summed E-state index contributed by atoms with van der Waals surface area (Å²) in [7, 11) is 0. The normalized spacial score (nSPS) is 10.3. The Morgan fingerprint density at radius 1 is 1.35 bits per heavy atom. The van der Waals surface area contributed by atoms with E-state index in [4.69, 9.17) is 11.6 Å². The third kappa shape index (κ3) is 3.29. The summed E-state index contributed by atoms with van der Waals surface area (Å²) in [6, 6.07) is 10.7. The molecular weight excluding hydrogens is 344 g/mol. The van der Waals surface area contributed by atoms with E-state index in [0.717, 1.165) is 15.7 Å². The predicted molar refractivity (Wildman–Crippen MR) is 84.3 cm³/mol. The SMILES string of the molecule is Cc1ccc(CNc2cccc(Cl)c2Br)cc1[N+](=O)[O-]. The van der Waals surface area contributed by atoms with Crippen LogP contribution >= 0.6 is 27.5 Å². The standard InChI is InChI=1S/C14H12BrClN2O2/c1-9-5-6-10(7-13(9)18(19)20)8-17-12-4-2-3-11(16)14(12)15/h2-7,17H,8H2,1H3. The summed E-state index contributed by atoms with van der Waals surface area (Å²) in [6.07, 6.45) is 0. The Morgan fingerprint density at radius 3 is 2.80 bits per heavy atom. The van der Waals surface area contributed by atoms with Crippen molar-refractivity contribution in [2.45, 2.75) is 13.5 Å². The second kappa shape index (κ2) is 6.24. The molecule has 0 bridgehead atoms. The highest BCUT2D eigenvalue weighted by Gasteiger charge is 2.11. The van der Waals surface area contributed by atoms with Crippen molar-refractivity contribution < 1.29 is 4.92 Å². The van der Waals surface area contributed by atoms with Gasteiger partial charge in [-0.05, 0) is 40.5 Å². The second-order valence-corrected chi connectivity index (χ2v) is 5.53. The Kier molecular flexibility index (Phi) is 4.62. The summed E-state index contributed by atoms with van der Waals surface area (Å²) >= 11 is 9.41. The van der Waals surface area contributed by atoms with Crippen LogP contribution in [-0.2, 0) is 6.54 Å². The van der Waals surface area contributed by atoms with Gasteiger partial charge in [-0.1, -0.05) is 29.8 Å². The van der Waals surface area contributed by atoms with E-state index in [1.807, 2.05) is 18.2 Å². The topological polar surface area (TPSA) is 55.2 Å². The maximum atomic E-state index is 10.9. The lowest BCUT2D eigenvalue weighted by molar-refractivity contribution is -0.385. The van der Waals surface area contributed by atoms with Crippen LogP contribution in [0.4, 0.5) is 11.4 Å². The van der Waals surface area contributed by atoms with Gasteiger partial charge in [-0.3, -0.25) is 10.1 Å². The molecule has 104 valence electrons. The number of benzene rings is 2. The molecule has 0 saturated heterocycles. The molecule has 0 spiro atoms. The van der Waals surface area contributed by atoms with Crippen molar-refractivity contribution >= 4 is 38.9 Å². The van der Waals surface area contributed by atoms with Gasteiger partial charge in [-0.25, -0.2) is 0 Å². The Morgan fingerprint density at radius 2 is 2.10 bits per heavy atom. The lowest BCUT2D eigenvalue weighted by atomic mass is 10.1. The number of nitro benzene ring substituents is 1. The average Bonchev–Trinajstić information content (AvgIpc) is 2.41. The van der Waals surface area contributed by atoms with E-state index in [9.17, 15) is 10.1 Å². The second-order valence-electron chi connectivity index (χ2n) is 4.33. The fraction of sp³-hybridized carbons (Fsp3) is 0.143. The van der Waals surface area contributed by atoms with Gasteiger partial charge in [0.2, 0.25) is 0 Å². The third-order valence-electron chi connectivity index (χ3n) is 2.90. The molecule has 1 N–H and O–H groups in total. The van der Waals surface area contributed by atoms with Crippen molar-refractivity contribution in [1.82, 2.24) is 0 Å². The lowest BCUT2D eigenvalue weighted by Gasteiger charge is -2.10. The number of anilines is 1. The van der Waals surface area contributed by atoms with Crippen LogP contribution in [0.3, 0.4) is 0 Å². The Labute approximate surface area is 130 Å². The summed E-state index contributed by atoms with van der Waals surface area (Å²) < 4.78 is 0.781. The minimum atomic E-state index is -0.367. The van der Waals surface area contributed by atoms with E-state index in [0.29, 0.717) is 17.1 Å². The molecule has 0 fully saturated rings. The molecule has 20 heavy (non-hydrogen) atoms. The number of nitrogens with one attached hydrogen (secondary N) is 1. The smallest absolute Gasteiger partial charge is 0.272 e. The molecule has 2 rings (SSSR count). The van der Waals surface area contributed by atoms with Gasteiger partial charge in [0.25, 0.3) is 5.69 Å². The molecule has 0 aliphatic heterocycles. The molecule has 6 heteroatoms. The number of hydrogen-bond acceptors (Lipinski definition) is 3. The van der Waals surface area contributed by atoms with E-state index >= 15 is 0 Å². The molecule has 0 aromatic heterocycles. The van der Waals surface area contributed by atoms with E-state index in [2.05, 4.69) is 21.2 Å². The summed E-state index contributed by atoms with van der Waals surface area (Å²) in [5.41, 5.74) is 2.48. The van der Waals surface area contributed by atoms with Crippen LogP contribution in [0.15, 0.2) is 40.9 Å². The Hall–Kier alpha value is -1.59. The van der Waals surface area contributed by atoms with Gasteiger partial charge in [0.05, 0.1) is 20.1 Å². The first-order valence-corrected chi connectivity index (χ1v) is 7.08. The monoisotopic (exact) mass is 354 g/mol. The molecule has 0 radical (unpaired) electrons. The van der Waals surface area contributed by atoms with Crippen molar-refractivity contribution in [2.24, 2.45) is 0 Å². The first-order valence-electron chi connectivity index (χ1n) is 5.91. The van der Waals surface area contributed by atoms with Crippen molar-refractivity contribution in [3.63, 3.8) is 0 Å². The Balaban J connectivity index is 2.17. The van der Waals surface area contributed by atoms with Crippen LogP contribution in [-0.4, -0.2) is 4.92 Å². The zero-order valence-corrected chi connectivity index (χ0v) is 13.0. The van der Waals surface area contributed by atoms with Crippen LogP contribution in [0.5, 0.6) is 0 Å². The van der Waals surface area contributed by atoms with Crippen molar-refractivity contribution in [2.75, 3.05) is 5.32 Å². The predicted octanol–water partition coefficient (Wildman–Crippen LogP) is 4.93. The molecule has 0 atom stereocenters. The molecule has 0 heterocycles. The van der Waals surface area contributed by atoms with E-state index < -0.39 is 0 Å². The van der Waals surface area contributed by atoms with Gasteiger partial charge in [0.15, 0.2) is 0 Å². The van der Waals surface area contributed by atoms with Crippen molar-refractivity contribution in [3.05, 3.63) is 67.1 Å². The quantitative estimate of drug-likeness (QED) is 0.625. The average molecular weight is 356 g/mol. The molecule has 0 saturated carbocycles. The van der Waals surface area contributed by atoms with E-state index in [1.165, 1.54) is 0 Å². The van der Waals surface area contributed by atoms with Crippen molar-refractivity contribution in [3.8, 4) is 0 Å². The van der Waals surface area contributed by atoms with Gasteiger partial charge in [-0.2, -0.15) is 0 Å². The molecule has 2 aromatic rings. The molecule has 0 amide bonds. The van der Waals surface area contributed by atoms with Gasteiger partial charge >= 0.3 is 0 Å². The highest BCUT2D eigenvalue weighted by Crippen LogP contribution is 2.30. The molecule has 0 unspecified atom stereocenters. The lowest BCUT2D eigenvalue weighted by Crippen LogP contribution is -2.01. The van der Waals surface area contributed by atoms with Gasteiger partial charge in [-0.15, -0.1) is 0 Å². The minimum absolute atomic E-state index is 0.134. The van der Waals surface area contributed by atoms with Crippen LogP contribution in [0.1, 0.15) is 11.1 Å². The molecule has 0 aliphatic carbocycles. The summed E-state index contributed by atoms with van der Waals surface area (Å²) in [6.45, 7) is 2.21. The van der Waals surface area contributed by atoms with Crippen LogP contribution in [0.2, 0.25) is 5.02 Å². The maximum Gasteiger partial charge on any atom is 0.272 e. The first-order chi connectivity index (χ1) is 9.49. The van der Waals surface area contributed by atoms with Crippen molar-refractivity contribution in [1.29, 1.82) is 0 Å². The number of nitrogens with zero attached hydrogens (tertiary/aromatic N) is 1. The van der Waals surface area contributed by atoms with E-state index in [-0.39, 0.29) is 10.6 Å². The fourth-order valence-corrected chi connectivity index (χ4v) is 2.38. The zero-order chi connectivity index (χ0) is 14.7. The number of nitro groups is 1. The third-order valence-corrected chi connectivity index (χ3v) is 4.30. The highest BCUT2D eigenvalue weighted by atomic mass is 79.9. The molecular formula is C14H12BrClN2O2.